The van der Waals surface area contributed by atoms with Crippen LogP contribution in [0.5, 0.6) is 5.75 Å². The van der Waals surface area contributed by atoms with Gasteiger partial charge in [-0.3, -0.25) is 10.1 Å². The number of carbonyl (C=O) groups is 1. The van der Waals surface area contributed by atoms with Gasteiger partial charge in [0.2, 0.25) is 0 Å². The van der Waals surface area contributed by atoms with Crippen LogP contribution in [0.25, 0.3) is 0 Å². The first-order valence-electron chi connectivity index (χ1n) is 6.13. The van der Waals surface area contributed by atoms with E-state index in [0.717, 1.165) is 36.1 Å². The summed E-state index contributed by atoms with van der Waals surface area (Å²) >= 11 is 1.36. The minimum absolute atomic E-state index is 0.362. The molecule has 0 saturated heterocycles. The van der Waals surface area contributed by atoms with Crippen molar-refractivity contribution in [2.75, 3.05) is 11.9 Å². The van der Waals surface area contributed by atoms with Crippen LogP contribution in [0.2, 0.25) is 0 Å². The average molecular weight is 293 g/mol. The number of aromatic nitrogens is 1. The van der Waals surface area contributed by atoms with E-state index in [4.69, 9.17) is 0 Å². The van der Waals surface area contributed by atoms with Crippen molar-refractivity contribution in [1.82, 2.24) is 10.3 Å². The zero-order chi connectivity index (χ0) is 14.1. The van der Waals surface area contributed by atoms with E-state index in [1.54, 1.807) is 0 Å². The maximum atomic E-state index is 13.6. The highest BCUT2D eigenvalue weighted by Gasteiger charge is 2.20. The normalized spacial score (nSPS) is 13.8. The van der Waals surface area contributed by atoms with Gasteiger partial charge in [0.15, 0.2) is 5.13 Å². The predicted molar refractivity (Wildman–Crippen MR) is 73.5 cm³/mol. The highest BCUT2D eigenvalue weighted by atomic mass is 32.1. The fraction of sp³-hybridized carbons (Fsp3) is 0.231. The van der Waals surface area contributed by atoms with Gasteiger partial charge in [0.05, 0.1) is 5.69 Å². The monoisotopic (exact) mass is 293 g/mol. The van der Waals surface area contributed by atoms with E-state index in [-0.39, 0.29) is 11.3 Å². The molecule has 1 aliphatic heterocycles. The third kappa shape index (κ3) is 2.37. The van der Waals surface area contributed by atoms with Crippen LogP contribution in [-0.4, -0.2) is 22.5 Å². The number of aromatic hydroxyl groups is 1. The van der Waals surface area contributed by atoms with Crippen LogP contribution in [0.4, 0.5) is 9.52 Å². The lowest BCUT2D eigenvalue weighted by atomic mass is 10.2. The van der Waals surface area contributed by atoms with Gasteiger partial charge in [-0.05, 0) is 12.1 Å². The van der Waals surface area contributed by atoms with Crippen molar-refractivity contribution in [2.24, 2.45) is 0 Å². The van der Waals surface area contributed by atoms with E-state index in [1.807, 2.05) is 0 Å². The largest absolute Gasteiger partial charge is 0.507 e. The summed E-state index contributed by atoms with van der Waals surface area (Å²) in [5, 5.41) is 15.7. The molecule has 0 bridgehead atoms. The first-order valence-corrected chi connectivity index (χ1v) is 6.95. The highest BCUT2D eigenvalue weighted by molar-refractivity contribution is 7.15. The number of amides is 1. The number of nitrogens with one attached hydrogen (secondary N) is 2. The van der Waals surface area contributed by atoms with Gasteiger partial charge in [0.25, 0.3) is 5.91 Å². The number of anilines is 1. The molecule has 0 fully saturated rings. The second kappa shape index (κ2) is 5.18. The van der Waals surface area contributed by atoms with Crippen molar-refractivity contribution in [1.29, 1.82) is 0 Å². The van der Waals surface area contributed by atoms with Crippen molar-refractivity contribution < 1.29 is 14.3 Å². The average Bonchev–Trinajstić information content (AvgIpc) is 2.80. The second-order valence-corrected chi connectivity index (χ2v) is 5.49. The predicted octanol–water partition coefficient (Wildman–Crippen LogP) is 1.89. The van der Waals surface area contributed by atoms with Gasteiger partial charge in [0.1, 0.15) is 17.1 Å². The number of hydrogen-bond acceptors (Lipinski definition) is 5. The Kier molecular flexibility index (Phi) is 3.37. The number of rotatable bonds is 2. The number of thiazole rings is 1. The fourth-order valence-corrected chi connectivity index (χ4v) is 3.05. The molecule has 1 aromatic carbocycles. The summed E-state index contributed by atoms with van der Waals surface area (Å²) in [6, 6.07) is 3.75. The van der Waals surface area contributed by atoms with Crippen LogP contribution >= 0.6 is 11.3 Å². The van der Waals surface area contributed by atoms with E-state index in [2.05, 4.69) is 15.6 Å². The molecule has 7 heteroatoms. The standard InChI is InChI=1S/C13H12FN3O2S/c14-7-2-1-3-9(18)11(7)12(19)17-13-16-8-4-5-15-6-10(8)20-13/h1-3,15,18H,4-6H2,(H,16,17,19). The molecule has 104 valence electrons. The first kappa shape index (κ1) is 13.0. The van der Waals surface area contributed by atoms with Crippen molar-refractivity contribution in [3.05, 3.63) is 40.2 Å². The quantitative estimate of drug-likeness (QED) is 0.790. The van der Waals surface area contributed by atoms with Crippen molar-refractivity contribution in [3.8, 4) is 5.75 Å². The Labute approximate surface area is 118 Å². The molecule has 1 aromatic heterocycles. The second-order valence-electron chi connectivity index (χ2n) is 4.40. The molecule has 2 aromatic rings. The van der Waals surface area contributed by atoms with Crippen LogP contribution in [0, 0.1) is 5.82 Å². The van der Waals surface area contributed by atoms with E-state index >= 15 is 0 Å². The summed E-state index contributed by atoms with van der Waals surface area (Å²) in [4.78, 5) is 17.4. The number of hydrogen-bond donors (Lipinski definition) is 3. The number of benzene rings is 1. The van der Waals surface area contributed by atoms with Crippen LogP contribution in [0.1, 0.15) is 20.9 Å². The van der Waals surface area contributed by atoms with E-state index < -0.39 is 11.7 Å². The molecular weight excluding hydrogens is 281 g/mol. The lowest BCUT2D eigenvalue weighted by Crippen LogP contribution is -2.22. The molecule has 1 amide bonds. The van der Waals surface area contributed by atoms with Crippen molar-refractivity contribution in [3.63, 3.8) is 0 Å². The molecule has 0 unspecified atom stereocenters. The molecule has 0 spiro atoms. The van der Waals surface area contributed by atoms with E-state index in [9.17, 15) is 14.3 Å². The van der Waals surface area contributed by atoms with E-state index in [1.165, 1.54) is 23.5 Å². The van der Waals surface area contributed by atoms with Crippen LogP contribution in [-0.2, 0) is 13.0 Å². The van der Waals surface area contributed by atoms with Gasteiger partial charge >= 0.3 is 0 Å². The van der Waals surface area contributed by atoms with Crippen LogP contribution < -0.4 is 10.6 Å². The summed E-state index contributed by atoms with van der Waals surface area (Å²) in [6.07, 6.45) is 0.812. The smallest absolute Gasteiger partial charge is 0.264 e. The minimum Gasteiger partial charge on any atom is -0.507 e. The lowest BCUT2D eigenvalue weighted by Gasteiger charge is -2.09. The minimum atomic E-state index is -0.759. The summed E-state index contributed by atoms with van der Waals surface area (Å²) in [5.41, 5.74) is 0.598. The maximum absolute atomic E-state index is 13.6. The van der Waals surface area contributed by atoms with Gasteiger partial charge in [-0.15, -0.1) is 11.3 Å². The van der Waals surface area contributed by atoms with Gasteiger partial charge < -0.3 is 10.4 Å². The molecule has 0 atom stereocenters. The first-order chi connectivity index (χ1) is 9.65. The van der Waals surface area contributed by atoms with Gasteiger partial charge in [-0.2, -0.15) is 0 Å². The van der Waals surface area contributed by atoms with E-state index in [0.29, 0.717) is 5.13 Å². The Morgan fingerprint density at radius 3 is 3.10 bits per heavy atom. The van der Waals surface area contributed by atoms with Crippen LogP contribution in [0.3, 0.4) is 0 Å². The van der Waals surface area contributed by atoms with Gasteiger partial charge in [0, 0.05) is 24.4 Å². The summed E-state index contributed by atoms with van der Waals surface area (Å²) < 4.78 is 13.6. The molecule has 0 aliphatic carbocycles. The molecule has 0 saturated carbocycles. The van der Waals surface area contributed by atoms with Gasteiger partial charge in [-0.25, -0.2) is 9.37 Å². The summed E-state index contributed by atoms with van der Waals surface area (Å²) in [5.74, 6) is -1.84. The number of fused-ring (bicyclic) bond motifs is 1. The molecule has 0 radical (unpaired) electrons. The zero-order valence-electron chi connectivity index (χ0n) is 10.4. The molecule has 3 N–H and O–H groups in total. The number of phenols is 1. The number of phenolic OH excluding ortho intramolecular Hbond substituents is 1. The topological polar surface area (TPSA) is 74.2 Å². The third-order valence-electron chi connectivity index (χ3n) is 3.04. The summed E-state index contributed by atoms with van der Waals surface area (Å²) in [6.45, 7) is 1.59. The Morgan fingerprint density at radius 1 is 1.50 bits per heavy atom. The fourth-order valence-electron chi connectivity index (χ4n) is 2.08. The molecule has 5 nitrogen and oxygen atoms in total. The third-order valence-corrected chi connectivity index (χ3v) is 4.05. The molecule has 2 heterocycles. The molecular formula is C13H12FN3O2S. The SMILES string of the molecule is O=C(Nc1nc2c(s1)CNCC2)c1c(O)cccc1F. The molecule has 1 aliphatic rings. The Hall–Kier alpha value is -1.99. The summed E-state index contributed by atoms with van der Waals surface area (Å²) in [7, 11) is 0. The number of carbonyl (C=O) groups excluding carboxylic acids is 1. The Morgan fingerprint density at radius 2 is 2.35 bits per heavy atom. The maximum Gasteiger partial charge on any atom is 0.264 e. The van der Waals surface area contributed by atoms with Crippen molar-refractivity contribution in [2.45, 2.75) is 13.0 Å². The molecule has 3 rings (SSSR count). The van der Waals surface area contributed by atoms with Gasteiger partial charge in [-0.1, -0.05) is 6.07 Å². The highest BCUT2D eigenvalue weighted by Crippen LogP contribution is 2.27. The Bertz CT molecular complexity index is 628. The van der Waals surface area contributed by atoms with Crippen LogP contribution in [0.15, 0.2) is 18.2 Å². The number of nitrogens with zero attached hydrogens (tertiary/aromatic N) is 1. The lowest BCUT2D eigenvalue weighted by molar-refractivity contribution is 0.102. The Balaban J connectivity index is 1.84. The zero-order valence-corrected chi connectivity index (χ0v) is 11.3. The van der Waals surface area contributed by atoms with Crippen molar-refractivity contribution >= 4 is 22.4 Å². The number of halogens is 1. The molecule has 20 heavy (non-hydrogen) atoms.